The fourth-order valence-corrected chi connectivity index (χ4v) is 3.82. The maximum Gasteiger partial charge on any atom is 0.254 e. The Kier molecular flexibility index (Phi) is 4.22. The van der Waals surface area contributed by atoms with Crippen LogP contribution >= 0.6 is 11.6 Å². The largest absolute Gasteiger partial charge is 0.440 e. The Balaban J connectivity index is 1.41. The van der Waals surface area contributed by atoms with Gasteiger partial charge in [0.15, 0.2) is 17.6 Å². The third kappa shape index (κ3) is 3.03. The predicted octanol–water partition coefficient (Wildman–Crippen LogP) is 2.46. The lowest BCUT2D eigenvalue weighted by atomic mass is 9.75. The number of aromatic nitrogens is 1. The van der Waals surface area contributed by atoms with Crippen molar-refractivity contribution in [2.24, 2.45) is 0 Å². The predicted molar refractivity (Wildman–Crippen MR) is 92.4 cm³/mol. The molecule has 2 aromatic rings. The summed E-state index contributed by atoms with van der Waals surface area (Å²) in [7, 11) is 0. The molecule has 1 unspecified atom stereocenters. The molecule has 1 aromatic carbocycles. The van der Waals surface area contributed by atoms with E-state index in [1.54, 1.807) is 17.0 Å². The number of piperidine rings is 1. The van der Waals surface area contributed by atoms with E-state index in [0.717, 1.165) is 24.8 Å². The molecular formula is C18H21ClN2O4. The molecule has 2 heterocycles. The van der Waals surface area contributed by atoms with Gasteiger partial charge in [-0.1, -0.05) is 11.6 Å². The van der Waals surface area contributed by atoms with Crippen LogP contribution in [-0.4, -0.2) is 50.8 Å². The molecule has 1 aliphatic heterocycles. The number of hydrogen-bond acceptors (Lipinski definition) is 5. The first-order valence-electron chi connectivity index (χ1n) is 8.71. The molecule has 4 rings (SSSR count). The number of halogens is 1. The first-order valence-corrected chi connectivity index (χ1v) is 9.09. The number of carbonyl (C=O) groups is 1. The second-order valence-electron chi connectivity index (χ2n) is 7.12. The number of carbonyl (C=O) groups excluding carboxylic acids is 1. The number of rotatable bonds is 3. The van der Waals surface area contributed by atoms with Gasteiger partial charge < -0.3 is 19.5 Å². The molecule has 2 fully saturated rings. The fraction of sp³-hybridized carbons (Fsp3) is 0.556. The van der Waals surface area contributed by atoms with Gasteiger partial charge in [-0.2, -0.15) is 0 Å². The van der Waals surface area contributed by atoms with E-state index in [4.69, 9.17) is 16.0 Å². The van der Waals surface area contributed by atoms with E-state index in [1.165, 1.54) is 0 Å². The van der Waals surface area contributed by atoms with Crippen LogP contribution in [0.5, 0.6) is 0 Å². The fourth-order valence-electron chi connectivity index (χ4n) is 3.66. The highest BCUT2D eigenvalue weighted by Crippen LogP contribution is 2.36. The maximum atomic E-state index is 12.4. The molecule has 1 aromatic heterocycles. The van der Waals surface area contributed by atoms with Crippen molar-refractivity contribution in [3.63, 3.8) is 0 Å². The molecule has 1 saturated carbocycles. The van der Waals surface area contributed by atoms with Crippen LogP contribution in [0.15, 0.2) is 22.6 Å². The summed E-state index contributed by atoms with van der Waals surface area (Å²) in [6.07, 6.45) is 1.95. The summed E-state index contributed by atoms with van der Waals surface area (Å²) in [5.74, 6) is 0.437. The minimum Gasteiger partial charge on any atom is -0.440 e. The lowest BCUT2D eigenvalue weighted by molar-refractivity contribution is -0.169. The lowest BCUT2D eigenvalue weighted by Crippen LogP contribution is -2.57. The zero-order chi connectivity index (χ0) is 17.6. The second-order valence-corrected chi connectivity index (χ2v) is 7.56. The van der Waals surface area contributed by atoms with Crippen molar-refractivity contribution in [1.29, 1.82) is 0 Å². The van der Waals surface area contributed by atoms with Crippen molar-refractivity contribution in [3.8, 4) is 0 Å². The minimum absolute atomic E-state index is 0.138. The normalized spacial score (nSPS) is 22.0. The summed E-state index contributed by atoms with van der Waals surface area (Å²) in [4.78, 5) is 18.6. The molecule has 1 atom stereocenters. The second kappa shape index (κ2) is 6.27. The molecule has 0 bridgehead atoms. The number of likely N-dealkylation sites (tertiary alicyclic amines) is 1. The molecule has 0 spiro atoms. The van der Waals surface area contributed by atoms with Gasteiger partial charge in [-0.3, -0.25) is 4.79 Å². The van der Waals surface area contributed by atoms with Crippen LogP contribution in [0.4, 0.5) is 0 Å². The molecule has 1 aliphatic carbocycles. The van der Waals surface area contributed by atoms with E-state index in [1.807, 2.05) is 6.07 Å². The minimum atomic E-state index is -1.32. The van der Waals surface area contributed by atoms with Crippen molar-refractivity contribution in [2.45, 2.75) is 49.7 Å². The van der Waals surface area contributed by atoms with E-state index < -0.39 is 11.7 Å². The standard InChI is InChI=1S/C18H21ClN2O4/c19-12-2-3-14-13(10-12)20-16(25-14)11-4-8-21(9-5-11)17(23)15(22)18(24)6-1-7-18/h2-3,10-11,15,22,24H,1,4-9H2. The van der Waals surface area contributed by atoms with Gasteiger partial charge in [-0.05, 0) is 50.3 Å². The van der Waals surface area contributed by atoms with Gasteiger partial charge in [-0.15, -0.1) is 0 Å². The van der Waals surface area contributed by atoms with E-state index in [-0.39, 0.29) is 11.8 Å². The first-order chi connectivity index (χ1) is 12.0. The molecule has 1 saturated heterocycles. The Hall–Kier alpha value is -1.63. The number of amides is 1. The van der Waals surface area contributed by atoms with Gasteiger partial charge in [0, 0.05) is 24.0 Å². The van der Waals surface area contributed by atoms with Crippen LogP contribution in [0.25, 0.3) is 11.1 Å². The van der Waals surface area contributed by atoms with Gasteiger partial charge >= 0.3 is 0 Å². The average molecular weight is 365 g/mol. The number of nitrogens with zero attached hydrogens (tertiary/aromatic N) is 2. The molecule has 0 radical (unpaired) electrons. The molecule has 25 heavy (non-hydrogen) atoms. The highest BCUT2D eigenvalue weighted by Gasteiger charge is 2.46. The summed E-state index contributed by atoms with van der Waals surface area (Å²) in [6, 6.07) is 5.35. The number of benzene rings is 1. The molecular weight excluding hydrogens is 344 g/mol. The maximum absolute atomic E-state index is 12.4. The topological polar surface area (TPSA) is 86.8 Å². The van der Waals surface area contributed by atoms with Crippen molar-refractivity contribution in [2.75, 3.05) is 13.1 Å². The van der Waals surface area contributed by atoms with Crippen molar-refractivity contribution >= 4 is 28.6 Å². The summed E-state index contributed by atoms with van der Waals surface area (Å²) >= 11 is 5.98. The number of hydrogen-bond donors (Lipinski definition) is 2. The molecule has 2 aliphatic rings. The van der Waals surface area contributed by atoms with Crippen molar-refractivity contribution in [1.82, 2.24) is 9.88 Å². The van der Waals surface area contributed by atoms with E-state index in [2.05, 4.69) is 4.98 Å². The lowest BCUT2D eigenvalue weighted by Gasteiger charge is -2.42. The van der Waals surface area contributed by atoms with Gasteiger partial charge in [0.1, 0.15) is 5.52 Å². The van der Waals surface area contributed by atoms with Crippen LogP contribution in [0.1, 0.15) is 43.9 Å². The molecule has 134 valence electrons. The van der Waals surface area contributed by atoms with Crippen LogP contribution in [0, 0.1) is 0 Å². The molecule has 6 nitrogen and oxygen atoms in total. The van der Waals surface area contributed by atoms with Crippen molar-refractivity contribution in [3.05, 3.63) is 29.1 Å². The zero-order valence-electron chi connectivity index (χ0n) is 13.8. The number of aliphatic hydroxyl groups excluding tert-OH is 1. The Morgan fingerprint density at radius 3 is 2.72 bits per heavy atom. The Morgan fingerprint density at radius 1 is 1.36 bits per heavy atom. The quantitative estimate of drug-likeness (QED) is 0.873. The van der Waals surface area contributed by atoms with Gasteiger partial charge in [0.25, 0.3) is 5.91 Å². The molecule has 1 amide bonds. The van der Waals surface area contributed by atoms with Crippen LogP contribution < -0.4 is 0 Å². The van der Waals surface area contributed by atoms with Crippen LogP contribution in [0.2, 0.25) is 5.02 Å². The summed E-state index contributed by atoms with van der Waals surface area (Å²) < 4.78 is 5.82. The van der Waals surface area contributed by atoms with E-state index in [9.17, 15) is 15.0 Å². The van der Waals surface area contributed by atoms with Crippen LogP contribution in [-0.2, 0) is 4.79 Å². The Morgan fingerprint density at radius 2 is 2.08 bits per heavy atom. The van der Waals surface area contributed by atoms with Gasteiger partial charge in [0.05, 0.1) is 5.60 Å². The Labute approximate surface area is 150 Å². The Bertz CT molecular complexity index is 793. The first kappa shape index (κ1) is 16.8. The van der Waals surface area contributed by atoms with Crippen LogP contribution in [0.3, 0.4) is 0 Å². The summed E-state index contributed by atoms with van der Waals surface area (Å²) in [5, 5.41) is 21.0. The number of oxazole rings is 1. The highest BCUT2D eigenvalue weighted by atomic mass is 35.5. The molecule has 2 N–H and O–H groups in total. The third-order valence-electron chi connectivity index (χ3n) is 5.48. The third-order valence-corrected chi connectivity index (χ3v) is 5.72. The van der Waals surface area contributed by atoms with Gasteiger partial charge in [-0.25, -0.2) is 4.98 Å². The number of aliphatic hydroxyl groups is 2. The SMILES string of the molecule is O=C(C(O)C1(O)CCC1)N1CCC(c2nc3cc(Cl)ccc3o2)CC1. The summed E-state index contributed by atoms with van der Waals surface area (Å²) in [5.41, 5.74) is 0.220. The monoisotopic (exact) mass is 364 g/mol. The number of fused-ring (bicyclic) bond motifs is 1. The van der Waals surface area contributed by atoms with E-state index >= 15 is 0 Å². The highest BCUT2D eigenvalue weighted by molar-refractivity contribution is 6.31. The van der Waals surface area contributed by atoms with Crippen molar-refractivity contribution < 1.29 is 19.4 Å². The average Bonchev–Trinajstić information content (AvgIpc) is 3.01. The van der Waals surface area contributed by atoms with E-state index in [0.29, 0.717) is 42.4 Å². The summed E-state index contributed by atoms with van der Waals surface area (Å²) in [6.45, 7) is 1.05. The zero-order valence-corrected chi connectivity index (χ0v) is 14.6. The molecule has 7 heteroatoms. The smallest absolute Gasteiger partial charge is 0.254 e. The van der Waals surface area contributed by atoms with Gasteiger partial charge in [0.2, 0.25) is 0 Å².